The minimum atomic E-state index is -0.935. The van der Waals surface area contributed by atoms with Crippen LogP contribution in [-0.4, -0.2) is 29.3 Å². The summed E-state index contributed by atoms with van der Waals surface area (Å²) in [4.78, 5) is 25.0. The maximum atomic E-state index is 12.0. The van der Waals surface area contributed by atoms with Gasteiger partial charge in [-0.1, -0.05) is 27.7 Å². The van der Waals surface area contributed by atoms with E-state index in [2.05, 4.69) is 0 Å². The van der Waals surface area contributed by atoms with Crippen LogP contribution in [0.3, 0.4) is 0 Å². The summed E-state index contributed by atoms with van der Waals surface area (Å²) in [6, 6.07) is 0. The first-order valence-electron chi connectivity index (χ1n) is 5.31. The maximum absolute atomic E-state index is 12.0. The largest absolute Gasteiger partial charge is 0.317 e. The number of likely N-dealkylation sites (N-methyl/N-ethyl adjacent to an activating group) is 1. The Kier molecular flexibility index (Phi) is 2.68. The van der Waals surface area contributed by atoms with Gasteiger partial charge in [0.15, 0.2) is 0 Å². The Labute approximate surface area is 90.8 Å². The molecule has 4 heteroatoms. The number of carbonyl (C=O) groups is 2. The third kappa shape index (κ3) is 1.31. The first kappa shape index (κ1) is 12.2. The molecule has 1 heterocycles. The first-order chi connectivity index (χ1) is 6.70. The molecule has 2 N–H and O–H groups in total. The molecule has 0 aromatic carbocycles. The summed E-state index contributed by atoms with van der Waals surface area (Å²) in [5.41, 5.74) is 4.75. The van der Waals surface area contributed by atoms with Crippen LogP contribution in [0.25, 0.3) is 0 Å². The van der Waals surface area contributed by atoms with Crippen LogP contribution >= 0.6 is 0 Å². The summed E-state index contributed by atoms with van der Waals surface area (Å²) in [7, 11) is 1.51. The molecule has 0 bridgehead atoms. The smallest absolute Gasteiger partial charge is 0.249 e. The topological polar surface area (TPSA) is 63.4 Å². The van der Waals surface area contributed by atoms with E-state index in [4.69, 9.17) is 5.73 Å². The monoisotopic (exact) mass is 212 g/mol. The molecule has 15 heavy (non-hydrogen) atoms. The number of rotatable bonds is 1. The van der Waals surface area contributed by atoms with Crippen molar-refractivity contribution in [2.45, 2.75) is 39.7 Å². The Morgan fingerprint density at radius 2 is 1.87 bits per heavy atom. The van der Waals surface area contributed by atoms with Crippen molar-refractivity contribution in [1.82, 2.24) is 4.90 Å². The molecule has 86 valence electrons. The maximum Gasteiger partial charge on any atom is 0.249 e. The molecule has 0 aromatic heterocycles. The van der Waals surface area contributed by atoms with E-state index in [1.807, 2.05) is 27.7 Å². The van der Waals surface area contributed by atoms with Crippen LogP contribution in [0.15, 0.2) is 0 Å². The van der Waals surface area contributed by atoms with E-state index >= 15 is 0 Å². The molecule has 0 saturated carbocycles. The van der Waals surface area contributed by atoms with Crippen molar-refractivity contribution in [3.8, 4) is 0 Å². The molecule has 0 aliphatic carbocycles. The van der Waals surface area contributed by atoms with Gasteiger partial charge in [-0.05, 0) is 6.42 Å². The Bertz CT molecular complexity index is 312. The zero-order chi connectivity index (χ0) is 12.0. The van der Waals surface area contributed by atoms with E-state index in [9.17, 15) is 9.59 Å². The van der Waals surface area contributed by atoms with Gasteiger partial charge in [-0.15, -0.1) is 0 Å². The normalized spacial score (nSPS) is 35.9. The number of hydrogen-bond acceptors (Lipinski definition) is 3. The minimum absolute atomic E-state index is 0.139. The molecule has 1 aliphatic heterocycles. The van der Waals surface area contributed by atoms with Gasteiger partial charge in [0.05, 0.1) is 0 Å². The van der Waals surface area contributed by atoms with Crippen LogP contribution in [-0.2, 0) is 9.59 Å². The highest BCUT2D eigenvalue weighted by Gasteiger charge is 2.57. The molecule has 1 rings (SSSR count). The number of likely N-dealkylation sites (tertiary alicyclic amines) is 1. The quantitative estimate of drug-likeness (QED) is 0.652. The molecule has 0 spiro atoms. The van der Waals surface area contributed by atoms with Gasteiger partial charge in [0.25, 0.3) is 0 Å². The molecular formula is C11H20N2O2. The molecule has 1 fully saturated rings. The van der Waals surface area contributed by atoms with Gasteiger partial charge >= 0.3 is 0 Å². The number of amides is 2. The summed E-state index contributed by atoms with van der Waals surface area (Å²) in [5, 5.41) is 0. The van der Waals surface area contributed by atoms with Gasteiger partial charge in [0.2, 0.25) is 11.8 Å². The average molecular weight is 212 g/mol. The van der Waals surface area contributed by atoms with Crippen LogP contribution in [0.4, 0.5) is 0 Å². The van der Waals surface area contributed by atoms with Crippen molar-refractivity contribution >= 4 is 11.8 Å². The fourth-order valence-electron chi connectivity index (χ4n) is 2.27. The zero-order valence-electron chi connectivity index (χ0n) is 10.1. The van der Waals surface area contributed by atoms with Crippen LogP contribution < -0.4 is 5.73 Å². The van der Waals surface area contributed by atoms with Crippen LogP contribution in [0.1, 0.15) is 34.1 Å². The summed E-state index contributed by atoms with van der Waals surface area (Å²) in [6.45, 7) is 7.51. The predicted molar refractivity (Wildman–Crippen MR) is 57.9 cm³/mol. The molecule has 0 aromatic rings. The highest BCUT2D eigenvalue weighted by atomic mass is 16.2. The first-order valence-corrected chi connectivity index (χ1v) is 5.31. The highest BCUT2D eigenvalue weighted by molar-refractivity contribution is 6.04. The molecule has 2 amide bonds. The molecule has 0 radical (unpaired) electrons. The third-order valence-electron chi connectivity index (χ3n) is 4.18. The number of carbonyl (C=O) groups excluding carboxylic acids is 2. The van der Waals surface area contributed by atoms with E-state index in [-0.39, 0.29) is 17.7 Å². The molecular weight excluding hydrogens is 192 g/mol. The van der Waals surface area contributed by atoms with Crippen molar-refractivity contribution in [3.63, 3.8) is 0 Å². The molecule has 1 aliphatic rings. The third-order valence-corrected chi connectivity index (χ3v) is 4.18. The number of imide groups is 1. The number of nitrogens with two attached hydrogens (primary N) is 1. The van der Waals surface area contributed by atoms with Crippen LogP contribution in [0.5, 0.6) is 0 Å². The van der Waals surface area contributed by atoms with Crippen molar-refractivity contribution < 1.29 is 9.59 Å². The predicted octanol–water partition coefficient (Wildman–Crippen LogP) is 0.755. The Morgan fingerprint density at radius 1 is 1.40 bits per heavy atom. The van der Waals surface area contributed by atoms with Crippen molar-refractivity contribution in [3.05, 3.63) is 0 Å². The van der Waals surface area contributed by atoms with Gasteiger partial charge in [0.1, 0.15) is 5.54 Å². The second kappa shape index (κ2) is 3.30. The summed E-state index contributed by atoms with van der Waals surface area (Å²) >= 11 is 0. The lowest BCUT2D eigenvalue weighted by molar-refractivity contribution is -0.164. The summed E-state index contributed by atoms with van der Waals surface area (Å²) in [5.74, 6) is -0.636. The second-order valence-corrected chi connectivity index (χ2v) is 4.97. The van der Waals surface area contributed by atoms with Gasteiger partial charge < -0.3 is 5.73 Å². The standard InChI is InChI=1S/C11H20N2O2/c1-6-11(12)9(15)13(5)8(14)7(2)10(11,3)4/h7H,6,12H2,1-5H3/t7-,11+/m1/s1. The summed E-state index contributed by atoms with van der Waals surface area (Å²) < 4.78 is 0. The van der Waals surface area contributed by atoms with E-state index in [1.54, 1.807) is 0 Å². The highest BCUT2D eigenvalue weighted by Crippen LogP contribution is 2.44. The Morgan fingerprint density at radius 3 is 2.27 bits per heavy atom. The van der Waals surface area contributed by atoms with Crippen LogP contribution in [0.2, 0.25) is 0 Å². The molecule has 0 unspecified atom stereocenters. The lowest BCUT2D eigenvalue weighted by Gasteiger charge is -2.51. The van der Waals surface area contributed by atoms with E-state index in [0.29, 0.717) is 6.42 Å². The summed E-state index contributed by atoms with van der Waals surface area (Å²) in [6.07, 6.45) is 0.542. The van der Waals surface area contributed by atoms with Gasteiger partial charge in [-0.3, -0.25) is 14.5 Å². The number of piperidine rings is 1. The average Bonchev–Trinajstić information content (AvgIpc) is 2.21. The Balaban J connectivity index is 3.28. The van der Waals surface area contributed by atoms with Gasteiger partial charge in [0, 0.05) is 18.4 Å². The van der Waals surface area contributed by atoms with E-state index < -0.39 is 11.0 Å². The van der Waals surface area contributed by atoms with Crippen molar-refractivity contribution in [2.24, 2.45) is 17.1 Å². The number of hydrogen-bond donors (Lipinski definition) is 1. The zero-order valence-corrected chi connectivity index (χ0v) is 10.1. The minimum Gasteiger partial charge on any atom is -0.317 e. The fourth-order valence-corrected chi connectivity index (χ4v) is 2.27. The Hall–Kier alpha value is -0.900. The SMILES string of the molecule is CC[C@]1(N)C(=O)N(C)C(=O)[C@@H](C)C1(C)C. The van der Waals surface area contributed by atoms with Crippen molar-refractivity contribution in [1.29, 1.82) is 0 Å². The fraction of sp³-hybridized carbons (Fsp3) is 0.818. The molecule has 4 nitrogen and oxygen atoms in total. The van der Waals surface area contributed by atoms with Crippen molar-refractivity contribution in [2.75, 3.05) is 7.05 Å². The van der Waals surface area contributed by atoms with Crippen LogP contribution in [0, 0.1) is 11.3 Å². The molecule has 1 saturated heterocycles. The van der Waals surface area contributed by atoms with E-state index in [0.717, 1.165) is 0 Å². The second-order valence-electron chi connectivity index (χ2n) is 4.97. The lowest BCUT2D eigenvalue weighted by atomic mass is 9.61. The lowest BCUT2D eigenvalue weighted by Crippen LogP contribution is -2.71. The van der Waals surface area contributed by atoms with Gasteiger partial charge in [-0.2, -0.15) is 0 Å². The number of nitrogens with zero attached hydrogens (tertiary/aromatic N) is 1. The molecule has 2 atom stereocenters. The van der Waals surface area contributed by atoms with Gasteiger partial charge in [-0.25, -0.2) is 0 Å². The van der Waals surface area contributed by atoms with E-state index in [1.165, 1.54) is 11.9 Å².